The molecule has 2 N–H and O–H groups in total. The predicted octanol–water partition coefficient (Wildman–Crippen LogP) is 3.23. The molecule has 1 unspecified atom stereocenters. The van der Waals surface area contributed by atoms with Gasteiger partial charge in [-0.15, -0.1) is 0 Å². The van der Waals surface area contributed by atoms with Crippen LogP contribution in [0.1, 0.15) is 24.5 Å². The molecule has 2 aromatic rings. The second-order valence-corrected chi connectivity index (χ2v) is 5.78. The van der Waals surface area contributed by atoms with E-state index in [1.165, 1.54) is 17.5 Å². The monoisotopic (exact) mass is 298 g/mol. The van der Waals surface area contributed by atoms with E-state index in [9.17, 15) is 0 Å². The molecule has 4 nitrogen and oxygen atoms in total. The maximum Gasteiger partial charge on any atom is 0.214 e. The number of nitrogens with zero attached hydrogens (tertiary/aromatic N) is 1. The van der Waals surface area contributed by atoms with Gasteiger partial charge >= 0.3 is 0 Å². The molecule has 0 saturated heterocycles. The second-order valence-electron chi connectivity index (χ2n) is 5.78. The highest BCUT2D eigenvalue weighted by atomic mass is 16.5. The fraction of sp³-hybridized carbons (Fsp3) is 0.389. The number of rotatable bonds is 5. The van der Waals surface area contributed by atoms with Gasteiger partial charge in [-0.25, -0.2) is 4.98 Å². The Labute approximate surface area is 131 Å². The zero-order valence-corrected chi connectivity index (χ0v) is 13.1. The van der Waals surface area contributed by atoms with Crippen LogP contribution in [0.4, 0.5) is 5.69 Å². The summed E-state index contributed by atoms with van der Waals surface area (Å²) in [7, 11) is 1.66. The van der Waals surface area contributed by atoms with Crippen molar-refractivity contribution in [3.05, 3.63) is 41.6 Å². The number of nitrogen functional groups attached to an aromatic ring is 1. The number of benzene rings is 1. The molecule has 1 atom stereocenters. The quantitative estimate of drug-likeness (QED) is 0.861. The van der Waals surface area contributed by atoms with E-state index in [-0.39, 0.29) is 6.10 Å². The lowest BCUT2D eigenvalue weighted by atomic mass is 9.98. The summed E-state index contributed by atoms with van der Waals surface area (Å²) in [4.78, 5) is 4.27. The molecule has 0 amide bonds. The van der Waals surface area contributed by atoms with Crippen LogP contribution in [0, 0.1) is 0 Å². The van der Waals surface area contributed by atoms with E-state index in [2.05, 4.69) is 17.1 Å². The number of aryl methyl sites for hydroxylation is 1. The fourth-order valence-electron chi connectivity index (χ4n) is 3.06. The Bertz CT molecular complexity index is 670. The maximum atomic E-state index is 6.38. The van der Waals surface area contributed by atoms with Crippen molar-refractivity contribution in [2.75, 3.05) is 19.5 Å². The van der Waals surface area contributed by atoms with Crippen molar-refractivity contribution in [3.63, 3.8) is 0 Å². The standard InChI is InChI=1S/C18H22N2O2/c1-12(11-21-2)22-17-10-14(8-9-20-17)16-7-6-13-4-3-5-15(13)18(16)19/h6-10,12H,3-5,11,19H2,1-2H3. The minimum atomic E-state index is -0.0369. The average molecular weight is 298 g/mol. The first kappa shape index (κ1) is 14.9. The molecule has 0 aliphatic heterocycles. The molecule has 1 aromatic heterocycles. The number of methoxy groups -OCH3 is 1. The first-order valence-electron chi connectivity index (χ1n) is 7.71. The molecule has 0 bridgehead atoms. The first-order chi connectivity index (χ1) is 10.7. The highest BCUT2D eigenvalue weighted by molar-refractivity contribution is 5.80. The first-order valence-corrected chi connectivity index (χ1v) is 7.71. The SMILES string of the molecule is COCC(C)Oc1cc(-c2ccc3c(c2N)CCC3)ccn1. The Morgan fingerprint density at radius 2 is 2.14 bits per heavy atom. The van der Waals surface area contributed by atoms with Crippen LogP contribution in [0.5, 0.6) is 5.88 Å². The van der Waals surface area contributed by atoms with Crippen molar-refractivity contribution >= 4 is 5.69 Å². The molecule has 116 valence electrons. The van der Waals surface area contributed by atoms with Gasteiger partial charge in [-0.1, -0.05) is 12.1 Å². The van der Waals surface area contributed by atoms with E-state index in [4.69, 9.17) is 15.2 Å². The molecule has 1 heterocycles. The van der Waals surface area contributed by atoms with E-state index >= 15 is 0 Å². The number of aromatic nitrogens is 1. The lowest BCUT2D eigenvalue weighted by Crippen LogP contribution is -2.18. The summed E-state index contributed by atoms with van der Waals surface area (Å²) in [5.74, 6) is 0.599. The molecular formula is C18H22N2O2. The summed E-state index contributed by atoms with van der Waals surface area (Å²) >= 11 is 0. The van der Waals surface area contributed by atoms with Crippen LogP contribution in [-0.2, 0) is 17.6 Å². The minimum Gasteiger partial charge on any atom is -0.472 e. The third-order valence-corrected chi connectivity index (χ3v) is 4.10. The number of pyridine rings is 1. The van der Waals surface area contributed by atoms with Gasteiger partial charge in [0, 0.05) is 30.6 Å². The normalized spacial score (nSPS) is 14.6. The predicted molar refractivity (Wildman–Crippen MR) is 88.1 cm³/mol. The molecule has 1 aliphatic carbocycles. The zero-order chi connectivity index (χ0) is 15.5. The Hall–Kier alpha value is -2.07. The van der Waals surface area contributed by atoms with Crippen LogP contribution in [0.3, 0.4) is 0 Å². The molecular weight excluding hydrogens is 276 g/mol. The molecule has 0 spiro atoms. The number of fused-ring (bicyclic) bond motifs is 1. The summed E-state index contributed by atoms with van der Waals surface area (Å²) in [6, 6.07) is 8.22. The van der Waals surface area contributed by atoms with E-state index in [1.54, 1.807) is 13.3 Å². The van der Waals surface area contributed by atoms with E-state index < -0.39 is 0 Å². The van der Waals surface area contributed by atoms with Crippen molar-refractivity contribution in [1.29, 1.82) is 0 Å². The lowest BCUT2D eigenvalue weighted by molar-refractivity contribution is 0.0890. The lowest BCUT2D eigenvalue weighted by Gasteiger charge is -2.15. The molecule has 4 heteroatoms. The van der Waals surface area contributed by atoms with Crippen LogP contribution < -0.4 is 10.5 Å². The number of nitrogens with two attached hydrogens (primary N) is 1. The van der Waals surface area contributed by atoms with Crippen LogP contribution in [0.2, 0.25) is 0 Å². The van der Waals surface area contributed by atoms with Crippen molar-refractivity contribution < 1.29 is 9.47 Å². The largest absolute Gasteiger partial charge is 0.472 e. The summed E-state index contributed by atoms with van der Waals surface area (Å²) in [5, 5.41) is 0. The number of anilines is 1. The van der Waals surface area contributed by atoms with Gasteiger partial charge in [-0.2, -0.15) is 0 Å². The van der Waals surface area contributed by atoms with Gasteiger partial charge < -0.3 is 15.2 Å². The Balaban J connectivity index is 1.89. The molecule has 0 saturated carbocycles. The third-order valence-electron chi connectivity index (χ3n) is 4.10. The molecule has 1 aromatic carbocycles. The van der Waals surface area contributed by atoms with Gasteiger partial charge in [0.25, 0.3) is 0 Å². The van der Waals surface area contributed by atoms with E-state index in [0.717, 1.165) is 29.7 Å². The van der Waals surface area contributed by atoms with Crippen LogP contribution >= 0.6 is 0 Å². The molecule has 3 rings (SSSR count). The highest BCUT2D eigenvalue weighted by Crippen LogP contribution is 2.35. The highest BCUT2D eigenvalue weighted by Gasteiger charge is 2.17. The maximum absolute atomic E-state index is 6.38. The fourth-order valence-corrected chi connectivity index (χ4v) is 3.06. The second kappa shape index (κ2) is 6.36. The van der Waals surface area contributed by atoms with Gasteiger partial charge in [0.15, 0.2) is 0 Å². The Kier molecular flexibility index (Phi) is 4.29. The van der Waals surface area contributed by atoms with Crippen molar-refractivity contribution in [2.45, 2.75) is 32.3 Å². The molecule has 0 fully saturated rings. The van der Waals surface area contributed by atoms with Crippen molar-refractivity contribution in [2.24, 2.45) is 0 Å². The Morgan fingerprint density at radius 1 is 1.27 bits per heavy atom. The summed E-state index contributed by atoms with van der Waals surface area (Å²) in [5.41, 5.74) is 12.1. The smallest absolute Gasteiger partial charge is 0.214 e. The van der Waals surface area contributed by atoms with Gasteiger partial charge in [-0.05, 0) is 48.9 Å². The zero-order valence-electron chi connectivity index (χ0n) is 13.1. The van der Waals surface area contributed by atoms with Gasteiger partial charge in [0.05, 0.1) is 6.61 Å². The molecule has 1 aliphatic rings. The summed E-state index contributed by atoms with van der Waals surface area (Å²) in [6.07, 6.45) is 5.14. The number of hydrogen-bond acceptors (Lipinski definition) is 4. The number of ether oxygens (including phenoxy) is 2. The van der Waals surface area contributed by atoms with Crippen LogP contribution in [0.15, 0.2) is 30.5 Å². The average Bonchev–Trinajstić information content (AvgIpc) is 2.97. The molecule has 22 heavy (non-hydrogen) atoms. The van der Waals surface area contributed by atoms with E-state index in [0.29, 0.717) is 12.5 Å². The van der Waals surface area contributed by atoms with Crippen LogP contribution in [0.25, 0.3) is 11.1 Å². The molecule has 0 radical (unpaired) electrons. The van der Waals surface area contributed by atoms with Crippen LogP contribution in [-0.4, -0.2) is 24.8 Å². The third kappa shape index (κ3) is 2.92. The Morgan fingerprint density at radius 3 is 2.95 bits per heavy atom. The topological polar surface area (TPSA) is 57.4 Å². The minimum absolute atomic E-state index is 0.0369. The van der Waals surface area contributed by atoms with Gasteiger partial charge in [0.1, 0.15) is 6.10 Å². The number of hydrogen-bond donors (Lipinski definition) is 1. The van der Waals surface area contributed by atoms with Crippen molar-refractivity contribution in [3.8, 4) is 17.0 Å². The summed E-state index contributed by atoms with van der Waals surface area (Å²) < 4.78 is 10.9. The van der Waals surface area contributed by atoms with E-state index in [1.807, 2.05) is 19.1 Å². The van der Waals surface area contributed by atoms with Gasteiger partial charge in [-0.3, -0.25) is 0 Å². The van der Waals surface area contributed by atoms with Gasteiger partial charge in [0.2, 0.25) is 5.88 Å². The van der Waals surface area contributed by atoms with Crippen molar-refractivity contribution in [1.82, 2.24) is 4.98 Å². The summed E-state index contributed by atoms with van der Waals surface area (Å²) in [6.45, 7) is 2.49.